The van der Waals surface area contributed by atoms with Crippen LogP contribution in [0.3, 0.4) is 0 Å². The van der Waals surface area contributed by atoms with Crippen molar-refractivity contribution in [1.82, 2.24) is 4.98 Å². The Labute approximate surface area is 141 Å². The van der Waals surface area contributed by atoms with E-state index in [4.69, 9.17) is 34.8 Å². The van der Waals surface area contributed by atoms with Crippen molar-refractivity contribution < 1.29 is 13.2 Å². The van der Waals surface area contributed by atoms with Gasteiger partial charge >= 0.3 is 6.18 Å². The Balaban J connectivity index is 2.67. The fourth-order valence-electron chi connectivity index (χ4n) is 1.53. The predicted molar refractivity (Wildman–Crippen MR) is 82.4 cm³/mol. The van der Waals surface area contributed by atoms with Crippen LogP contribution >= 0.6 is 57.4 Å². The van der Waals surface area contributed by atoms with Crippen molar-refractivity contribution in [3.63, 3.8) is 0 Å². The largest absolute Gasteiger partial charge is 0.417 e. The second kappa shape index (κ2) is 5.87. The molecule has 1 nitrogen and oxygen atoms in total. The molecule has 2 rings (SSSR count). The molecular weight excluding hydrogens is 448 g/mol. The predicted octanol–water partition coefficient (Wildman–Crippen LogP) is 6.33. The molecule has 8 heteroatoms. The lowest BCUT2D eigenvalue weighted by Gasteiger charge is -2.12. The Morgan fingerprint density at radius 1 is 1.00 bits per heavy atom. The van der Waals surface area contributed by atoms with Crippen molar-refractivity contribution in [1.29, 1.82) is 0 Å². The zero-order valence-electron chi connectivity index (χ0n) is 9.40. The van der Waals surface area contributed by atoms with Crippen LogP contribution in [0.1, 0.15) is 5.56 Å². The average Bonchev–Trinajstić information content (AvgIpc) is 2.36. The van der Waals surface area contributed by atoms with Gasteiger partial charge < -0.3 is 0 Å². The Hall–Kier alpha value is -0.240. The molecule has 2 aromatic rings. The van der Waals surface area contributed by atoms with Gasteiger partial charge in [-0.2, -0.15) is 13.2 Å². The van der Waals surface area contributed by atoms with Crippen LogP contribution < -0.4 is 0 Å². The molecule has 20 heavy (non-hydrogen) atoms. The molecule has 0 fully saturated rings. The van der Waals surface area contributed by atoms with Crippen LogP contribution in [0.25, 0.3) is 11.1 Å². The number of aromatic nitrogens is 1. The third kappa shape index (κ3) is 3.16. The molecule has 0 N–H and O–H groups in total. The van der Waals surface area contributed by atoms with Gasteiger partial charge in [0.2, 0.25) is 0 Å². The summed E-state index contributed by atoms with van der Waals surface area (Å²) in [6, 6.07) is 3.97. The van der Waals surface area contributed by atoms with E-state index in [1.165, 1.54) is 12.1 Å². The van der Waals surface area contributed by atoms with Gasteiger partial charge in [-0.25, -0.2) is 4.98 Å². The van der Waals surface area contributed by atoms with E-state index >= 15 is 0 Å². The van der Waals surface area contributed by atoms with Crippen LogP contribution in [-0.4, -0.2) is 4.98 Å². The van der Waals surface area contributed by atoms with Gasteiger partial charge in [-0.15, -0.1) is 0 Å². The van der Waals surface area contributed by atoms with Gasteiger partial charge in [0, 0.05) is 17.3 Å². The number of rotatable bonds is 1. The minimum Gasteiger partial charge on any atom is -0.249 e. The average molecular weight is 452 g/mol. The summed E-state index contributed by atoms with van der Waals surface area (Å²) in [4.78, 5) is 3.75. The molecule has 1 aromatic heterocycles. The summed E-state index contributed by atoms with van der Waals surface area (Å²) in [6.07, 6.45) is -3.70. The maximum Gasteiger partial charge on any atom is 0.417 e. The number of benzene rings is 1. The molecule has 0 aliphatic heterocycles. The molecule has 0 radical (unpaired) electrons. The van der Waals surface area contributed by atoms with Crippen LogP contribution in [0.5, 0.6) is 0 Å². The van der Waals surface area contributed by atoms with Gasteiger partial charge in [0.25, 0.3) is 0 Å². The van der Waals surface area contributed by atoms with E-state index in [1.807, 2.05) is 22.6 Å². The molecule has 0 aliphatic rings. The van der Waals surface area contributed by atoms with Crippen LogP contribution in [0.4, 0.5) is 13.2 Å². The normalized spacial score (nSPS) is 11.8. The summed E-state index contributed by atoms with van der Waals surface area (Å²) in [5.41, 5.74) is -0.247. The lowest BCUT2D eigenvalue weighted by Crippen LogP contribution is -2.06. The topological polar surface area (TPSA) is 12.9 Å². The molecule has 0 unspecified atom stereocenters. The lowest BCUT2D eigenvalue weighted by molar-refractivity contribution is -0.137. The van der Waals surface area contributed by atoms with Crippen molar-refractivity contribution in [2.45, 2.75) is 6.18 Å². The molecule has 0 spiro atoms. The second-order valence-electron chi connectivity index (χ2n) is 3.78. The minimum atomic E-state index is -4.48. The second-order valence-corrected chi connectivity index (χ2v) is 5.97. The van der Waals surface area contributed by atoms with Crippen molar-refractivity contribution >= 4 is 57.4 Å². The molecule has 0 saturated carbocycles. The van der Waals surface area contributed by atoms with Crippen molar-refractivity contribution in [3.8, 4) is 11.1 Å². The molecule has 0 saturated heterocycles. The van der Waals surface area contributed by atoms with Crippen LogP contribution in [0.2, 0.25) is 15.1 Å². The fourth-order valence-corrected chi connectivity index (χ4v) is 2.75. The van der Waals surface area contributed by atoms with E-state index < -0.39 is 11.7 Å². The van der Waals surface area contributed by atoms with E-state index in [1.54, 1.807) is 0 Å². The summed E-state index contributed by atoms with van der Waals surface area (Å²) in [5, 5.41) is 0.424. The first-order valence-corrected chi connectivity index (χ1v) is 7.29. The Kier molecular flexibility index (Phi) is 4.73. The molecule has 0 amide bonds. The maximum absolute atomic E-state index is 12.7. The first-order valence-electron chi connectivity index (χ1n) is 5.08. The number of alkyl halides is 3. The third-order valence-electron chi connectivity index (χ3n) is 2.49. The van der Waals surface area contributed by atoms with E-state index in [9.17, 15) is 13.2 Å². The molecule has 0 atom stereocenters. The first kappa shape index (κ1) is 16.1. The number of hydrogen-bond acceptors (Lipinski definition) is 1. The standard InChI is InChI=1S/C12H4Cl3F3IN/c13-8-2-1-6(9(14)10(8)15)7-3-5(12(16,17)18)4-20-11(7)19/h1-4H. The van der Waals surface area contributed by atoms with Gasteiger partial charge in [-0.1, -0.05) is 40.9 Å². The van der Waals surface area contributed by atoms with Gasteiger partial charge in [0.1, 0.15) is 3.70 Å². The summed E-state index contributed by atoms with van der Waals surface area (Å²) < 4.78 is 38.6. The smallest absolute Gasteiger partial charge is 0.249 e. The van der Waals surface area contributed by atoms with E-state index in [0.29, 0.717) is 9.26 Å². The van der Waals surface area contributed by atoms with Crippen LogP contribution in [0.15, 0.2) is 24.4 Å². The molecule has 0 aliphatic carbocycles. The van der Waals surface area contributed by atoms with Crippen LogP contribution in [-0.2, 0) is 6.18 Å². The summed E-state index contributed by atoms with van der Waals surface area (Å²) in [5.74, 6) is 0. The van der Waals surface area contributed by atoms with Gasteiger partial charge in [0.05, 0.1) is 20.6 Å². The molecule has 106 valence electrons. The monoisotopic (exact) mass is 451 g/mol. The zero-order valence-corrected chi connectivity index (χ0v) is 13.8. The van der Waals surface area contributed by atoms with Gasteiger partial charge in [0.15, 0.2) is 0 Å². The number of halogens is 7. The highest BCUT2D eigenvalue weighted by Crippen LogP contribution is 2.40. The van der Waals surface area contributed by atoms with Gasteiger partial charge in [-0.05, 0) is 34.7 Å². The van der Waals surface area contributed by atoms with Crippen molar-refractivity contribution in [3.05, 3.63) is 48.7 Å². The van der Waals surface area contributed by atoms with Crippen molar-refractivity contribution in [2.24, 2.45) is 0 Å². The number of nitrogens with zero attached hydrogens (tertiary/aromatic N) is 1. The highest BCUT2D eigenvalue weighted by atomic mass is 127. The minimum absolute atomic E-state index is 0.0956. The van der Waals surface area contributed by atoms with Gasteiger partial charge in [-0.3, -0.25) is 0 Å². The van der Waals surface area contributed by atoms with E-state index in [-0.39, 0.29) is 20.6 Å². The summed E-state index contributed by atoms with van der Waals surface area (Å²) in [7, 11) is 0. The first-order chi connectivity index (χ1) is 9.21. The van der Waals surface area contributed by atoms with E-state index in [2.05, 4.69) is 4.98 Å². The SMILES string of the molecule is FC(F)(F)c1cnc(I)c(-c2ccc(Cl)c(Cl)c2Cl)c1. The highest BCUT2D eigenvalue weighted by Gasteiger charge is 2.32. The summed E-state index contributed by atoms with van der Waals surface area (Å²) in [6.45, 7) is 0. The molecular formula is C12H4Cl3F3IN. The fraction of sp³-hybridized carbons (Fsp3) is 0.0833. The maximum atomic E-state index is 12.7. The quantitative estimate of drug-likeness (QED) is 0.280. The Bertz CT molecular complexity index is 674. The Morgan fingerprint density at radius 3 is 2.25 bits per heavy atom. The molecule has 1 aromatic carbocycles. The van der Waals surface area contributed by atoms with Crippen molar-refractivity contribution in [2.75, 3.05) is 0 Å². The Morgan fingerprint density at radius 2 is 1.65 bits per heavy atom. The highest BCUT2D eigenvalue weighted by molar-refractivity contribution is 14.1. The lowest BCUT2D eigenvalue weighted by atomic mass is 10.1. The third-order valence-corrected chi connectivity index (χ3v) is 4.64. The van der Waals surface area contributed by atoms with E-state index in [0.717, 1.165) is 12.3 Å². The number of hydrogen-bond donors (Lipinski definition) is 0. The number of pyridine rings is 1. The van der Waals surface area contributed by atoms with Crippen LogP contribution in [0, 0.1) is 3.70 Å². The summed E-state index contributed by atoms with van der Waals surface area (Å²) >= 11 is 19.6. The zero-order chi connectivity index (χ0) is 15.1. The molecule has 1 heterocycles. The molecule has 0 bridgehead atoms.